The first kappa shape index (κ1) is 14.9. The third-order valence-corrected chi connectivity index (χ3v) is 4.57. The number of aromatic nitrogens is 3. The minimum absolute atomic E-state index is 0.614. The Bertz CT molecular complexity index is 721. The van der Waals surface area contributed by atoms with Gasteiger partial charge in [-0.1, -0.05) is 30.7 Å². The van der Waals surface area contributed by atoms with Crippen LogP contribution < -0.4 is 5.32 Å². The number of benzene rings is 2. The summed E-state index contributed by atoms with van der Waals surface area (Å²) in [5.41, 5.74) is 3.06. The summed E-state index contributed by atoms with van der Waals surface area (Å²) in [4.78, 5) is 1.32. The maximum Gasteiger partial charge on any atom is 0.113 e. The maximum atomic E-state index is 4.18. The van der Waals surface area contributed by atoms with E-state index in [0.29, 0.717) is 6.67 Å². The fourth-order valence-electron chi connectivity index (χ4n) is 2.20. The van der Waals surface area contributed by atoms with Crippen LogP contribution in [0, 0.1) is 0 Å². The highest BCUT2D eigenvalue weighted by Gasteiger charge is 2.02. The zero-order valence-corrected chi connectivity index (χ0v) is 13.5. The van der Waals surface area contributed by atoms with Gasteiger partial charge in [0, 0.05) is 10.6 Å². The summed E-state index contributed by atoms with van der Waals surface area (Å²) >= 11 is 1.92. The lowest BCUT2D eigenvalue weighted by Gasteiger charge is -2.08. The van der Waals surface area contributed by atoms with Gasteiger partial charge in [-0.3, -0.25) is 0 Å². The molecule has 1 N–H and O–H groups in total. The molecule has 0 fully saturated rings. The Morgan fingerprint density at radius 1 is 1.09 bits per heavy atom. The maximum absolute atomic E-state index is 4.18. The highest BCUT2D eigenvalue weighted by Crippen LogP contribution is 2.21. The van der Waals surface area contributed by atoms with E-state index in [-0.39, 0.29) is 0 Å². The Morgan fingerprint density at radius 2 is 1.91 bits per heavy atom. The minimum Gasteiger partial charge on any atom is -0.366 e. The van der Waals surface area contributed by atoms with Gasteiger partial charge in [-0.15, -0.1) is 16.9 Å². The molecule has 1 aromatic heterocycles. The van der Waals surface area contributed by atoms with Gasteiger partial charge < -0.3 is 5.32 Å². The third-order valence-electron chi connectivity index (χ3n) is 3.47. The molecule has 0 aliphatic heterocycles. The zero-order chi connectivity index (χ0) is 15.2. The number of rotatable bonds is 7. The Balaban J connectivity index is 1.59. The molecule has 0 radical (unpaired) electrons. The van der Waals surface area contributed by atoms with Crippen molar-refractivity contribution in [2.75, 3.05) is 11.1 Å². The Hall–Kier alpha value is -2.01. The van der Waals surface area contributed by atoms with E-state index < -0.39 is 0 Å². The van der Waals surface area contributed by atoms with Gasteiger partial charge in [0.1, 0.15) is 12.2 Å². The predicted octanol–water partition coefficient (Wildman–Crippen LogP) is 4.39. The summed E-state index contributed by atoms with van der Waals surface area (Å²) in [6.45, 7) is 2.84. The normalized spacial score (nSPS) is 11.0. The lowest BCUT2D eigenvalue weighted by molar-refractivity contribution is 0.655. The molecule has 3 rings (SSSR count). The first-order chi connectivity index (χ1) is 10.9. The van der Waals surface area contributed by atoms with Crippen LogP contribution in [0.5, 0.6) is 0 Å². The molecule has 0 aliphatic rings. The Labute approximate surface area is 134 Å². The van der Waals surface area contributed by atoms with Gasteiger partial charge in [-0.2, -0.15) is 0 Å². The van der Waals surface area contributed by atoms with Crippen LogP contribution in [-0.4, -0.2) is 20.7 Å². The molecule has 22 heavy (non-hydrogen) atoms. The highest BCUT2D eigenvalue weighted by atomic mass is 32.2. The van der Waals surface area contributed by atoms with Gasteiger partial charge in [-0.25, -0.2) is 4.68 Å². The first-order valence-electron chi connectivity index (χ1n) is 7.62. The summed E-state index contributed by atoms with van der Waals surface area (Å²) in [6, 6.07) is 16.6. The molecule has 2 aromatic carbocycles. The van der Waals surface area contributed by atoms with E-state index in [0.717, 1.165) is 16.7 Å². The molecule has 0 atom stereocenters. The van der Waals surface area contributed by atoms with Crippen molar-refractivity contribution in [3.63, 3.8) is 0 Å². The monoisotopic (exact) mass is 312 g/mol. The molecular weight excluding hydrogens is 292 g/mol. The predicted molar refractivity (Wildman–Crippen MR) is 93.2 cm³/mol. The topological polar surface area (TPSA) is 42.7 Å². The Kier molecular flexibility index (Phi) is 4.96. The van der Waals surface area contributed by atoms with Gasteiger partial charge in [0.2, 0.25) is 0 Å². The molecule has 0 saturated carbocycles. The fraction of sp³-hybridized carbons (Fsp3) is 0.294. The fourth-order valence-corrected chi connectivity index (χ4v) is 3.20. The van der Waals surface area contributed by atoms with Crippen molar-refractivity contribution in [3.05, 3.63) is 48.5 Å². The largest absolute Gasteiger partial charge is 0.366 e. The van der Waals surface area contributed by atoms with Crippen molar-refractivity contribution in [1.29, 1.82) is 0 Å². The lowest BCUT2D eigenvalue weighted by Crippen LogP contribution is -2.09. The standard InChI is InChI=1S/C17H20N4S/c1-2-3-12-22-15-10-8-14(9-11-15)18-13-21-17-7-5-4-6-16(17)19-20-21/h4-11,18H,2-3,12-13H2,1H3. The molecule has 3 aromatic rings. The number of hydrogen-bond acceptors (Lipinski definition) is 4. The van der Waals surface area contributed by atoms with E-state index in [1.54, 1.807) is 0 Å². The SMILES string of the molecule is CCCCSc1ccc(NCn2nnc3ccccc32)cc1. The number of fused-ring (bicyclic) bond motifs is 1. The van der Waals surface area contributed by atoms with Crippen molar-refractivity contribution in [3.8, 4) is 0 Å². The van der Waals surface area contributed by atoms with Crippen LogP contribution in [0.4, 0.5) is 5.69 Å². The van der Waals surface area contributed by atoms with Crippen molar-refractivity contribution in [2.24, 2.45) is 0 Å². The van der Waals surface area contributed by atoms with E-state index in [9.17, 15) is 0 Å². The number of thioether (sulfide) groups is 1. The van der Waals surface area contributed by atoms with Gasteiger partial charge in [0.25, 0.3) is 0 Å². The third kappa shape index (κ3) is 3.60. The molecule has 5 heteroatoms. The second kappa shape index (κ2) is 7.31. The summed E-state index contributed by atoms with van der Waals surface area (Å²) in [5.74, 6) is 1.19. The van der Waals surface area contributed by atoms with Gasteiger partial charge in [0.05, 0.1) is 5.52 Å². The molecular formula is C17H20N4S. The highest BCUT2D eigenvalue weighted by molar-refractivity contribution is 7.99. The molecule has 0 aliphatic carbocycles. The van der Waals surface area contributed by atoms with Crippen LogP contribution in [0.1, 0.15) is 19.8 Å². The summed E-state index contributed by atoms with van der Waals surface area (Å²) < 4.78 is 1.87. The van der Waals surface area contributed by atoms with Crippen molar-refractivity contribution in [1.82, 2.24) is 15.0 Å². The van der Waals surface area contributed by atoms with Crippen LogP contribution in [0.2, 0.25) is 0 Å². The molecule has 4 nitrogen and oxygen atoms in total. The number of nitrogens with zero attached hydrogens (tertiary/aromatic N) is 3. The molecule has 0 spiro atoms. The van der Waals surface area contributed by atoms with Crippen LogP contribution in [0.15, 0.2) is 53.4 Å². The summed E-state index contributed by atoms with van der Waals surface area (Å²) in [6.07, 6.45) is 2.52. The Morgan fingerprint density at radius 3 is 2.73 bits per heavy atom. The average molecular weight is 312 g/mol. The van der Waals surface area contributed by atoms with Gasteiger partial charge in [0.15, 0.2) is 0 Å². The second-order valence-electron chi connectivity index (χ2n) is 5.14. The molecule has 1 heterocycles. The van der Waals surface area contributed by atoms with Crippen molar-refractivity contribution in [2.45, 2.75) is 31.3 Å². The van der Waals surface area contributed by atoms with Crippen LogP contribution in [0.25, 0.3) is 11.0 Å². The van der Waals surface area contributed by atoms with Crippen LogP contribution in [0.3, 0.4) is 0 Å². The molecule has 0 saturated heterocycles. The molecule has 0 unspecified atom stereocenters. The lowest BCUT2D eigenvalue weighted by atomic mass is 10.3. The van der Waals surface area contributed by atoms with E-state index in [2.05, 4.69) is 46.8 Å². The van der Waals surface area contributed by atoms with Crippen molar-refractivity contribution < 1.29 is 0 Å². The van der Waals surface area contributed by atoms with Crippen molar-refractivity contribution >= 4 is 28.5 Å². The molecule has 0 amide bonds. The van der Waals surface area contributed by atoms with Crippen LogP contribution >= 0.6 is 11.8 Å². The second-order valence-corrected chi connectivity index (χ2v) is 6.31. The minimum atomic E-state index is 0.614. The number of unbranched alkanes of at least 4 members (excludes halogenated alkanes) is 1. The number of hydrogen-bond donors (Lipinski definition) is 1. The van der Waals surface area contributed by atoms with E-state index in [4.69, 9.17) is 0 Å². The van der Waals surface area contributed by atoms with E-state index in [1.807, 2.05) is 40.7 Å². The van der Waals surface area contributed by atoms with Gasteiger partial charge in [-0.05, 0) is 48.6 Å². The van der Waals surface area contributed by atoms with E-state index in [1.165, 1.54) is 23.5 Å². The van der Waals surface area contributed by atoms with Gasteiger partial charge >= 0.3 is 0 Å². The average Bonchev–Trinajstić information content (AvgIpc) is 2.98. The molecule has 114 valence electrons. The number of para-hydroxylation sites is 1. The number of anilines is 1. The smallest absolute Gasteiger partial charge is 0.113 e. The molecule has 0 bridgehead atoms. The number of nitrogens with one attached hydrogen (secondary N) is 1. The summed E-state index contributed by atoms with van der Waals surface area (Å²) in [7, 11) is 0. The summed E-state index contributed by atoms with van der Waals surface area (Å²) in [5, 5.41) is 11.7. The van der Waals surface area contributed by atoms with Crippen LogP contribution in [-0.2, 0) is 6.67 Å². The first-order valence-corrected chi connectivity index (χ1v) is 8.60. The zero-order valence-electron chi connectivity index (χ0n) is 12.7. The quantitative estimate of drug-likeness (QED) is 0.519. The van der Waals surface area contributed by atoms with E-state index >= 15 is 0 Å².